The Kier molecular flexibility index (Phi) is 3.97. The van der Waals surface area contributed by atoms with Gasteiger partial charge in [0.25, 0.3) is 0 Å². The van der Waals surface area contributed by atoms with E-state index in [1.54, 1.807) is 16.9 Å². The number of aromatic nitrogens is 2. The molecular weight excluding hydrogens is 340 g/mol. The van der Waals surface area contributed by atoms with Gasteiger partial charge in [-0.1, -0.05) is 12.1 Å². The first kappa shape index (κ1) is 16.8. The molecule has 1 aromatic carbocycles. The van der Waals surface area contributed by atoms with Crippen molar-refractivity contribution in [2.75, 3.05) is 19.6 Å². The van der Waals surface area contributed by atoms with E-state index in [0.717, 1.165) is 30.8 Å². The summed E-state index contributed by atoms with van der Waals surface area (Å²) in [6, 6.07) is 8.23. The van der Waals surface area contributed by atoms with Crippen molar-refractivity contribution in [2.45, 2.75) is 44.3 Å². The third kappa shape index (κ3) is 2.83. The van der Waals surface area contributed by atoms with Gasteiger partial charge < -0.3 is 10.0 Å². The number of amides is 1. The number of rotatable bonds is 3. The SMILES string of the molecule is Cc1cnn(CC(=O)N2C[C@@H](c3cccc(O)c3)[C@@H]3[C@H]2C2CCN3CC2)c1. The lowest BCUT2D eigenvalue weighted by Crippen LogP contribution is -2.61. The fourth-order valence-electron chi connectivity index (χ4n) is 5.54. The molecule has 1 N–H and O–H groups in total. The van der Waals surface area contributed by atoms with Crippen LogP contribution in [0, 0.1) is 12.8 Å². The molecule has 6 nitrogen and oxygen atoms in total. The maximum absolute atomic E-state index is 13.2. The van der Waals surface area contributed by atoms with Crippen LogP contribution in [0.3, 0.4) is 0 Å². The van der Waals surface area contributed by atoms with Crippen LogP contribution in [0.2, 0.25) is 0 Å². The molecule has 2 bridgehead atoms. The molecule has 2 aromatic rings. The van der Waals surface area contributed by atoms with Gasteiger partial charge in [0.15, 0.2) is 0 Å². The first-order valence-corrected chi connectivity index (χ1v) is 9.91. The number of hydrogen-bond acceptors (Lipinski definition) is 4. The topological polar surface area (TPSA) is 61.6 Å². The van der Waals surface area contributed by atoms with E-state index in [9.17, 15) is 9.90 Å². The van der Waals surface area contributed by atoms with E-state index in [1.165, 1.54) is 12.8 Å². The lowest BCUT2D eigenvalue weighted by molar-refractivity contribution is -0.136. The van der Waals surface area contributed by atoms with Crippen LogP contribution in [-0.4, -0.2) is 62.3 Å². The van der Waals surface area contributed by atoms with Gasteiger partial charge in [-0.2, -0.15) is 5.10 Å². The van der Waals surface area contributed by atoms with Crippen molar-refractivity contribution in [3.05, 3.63) is 47.8 Å². The molecule has 3 atom stereocenters. The highest BCUT2D eigenvalue weighted by atomic mass is 16.3. The van der Waals surface area contributed by atoms with Crippen LogP contribution in [0.15, 0.2) is 36.7 Å². The molecule has 0 spiro atoms. The molecule has 5 heterocycles. The summed E-state index contributed by atoms with van der Waals surface area (Å²) in [6.45, 7) is 5.27. The molecule has 6 heteroatoms. The summed E-state index contributed by atoms with van der Waals surface area (Å²) in [5.41, 5.74) is 2.21. The molecule has 0 unspecified atom stereocenters. The maximum atomic E-state index is 13.2. The molecule has 6 rings (SSSR count). The molecule has 1 aromatic heterocycles. The van der Waals surface area contributed by atoms with Gasteiger partial charge in [-0.25, -0.2) is 0 Å². The summed E-state index contributed by atoms with van der Waals surface area (Å²) < 4.78 is 1.75. The van der Waals surface area contributed by atoms with Gasteiger partial charge >= 0.3 is 0 Å². The number of carbonyl (C=O) groups is 1. The maximum Gasteiger partial charge on any atom is 0.244 e. The van der Waals surface area contributed by atoms with E-state index in [0.29, 0.717) is 24.3 Å². The van der Waals surface area contributed by atoms with Crippen molar-refractivity contribution < 1.29 is 9.90 Å². The molecular formula is C21H26N4O2. The van der Waals surface area contributed by atoms with Crippen LogP contribution >= 0.6 is 0 Å². The molecule has 0 saturated carbocycles. The van der Waals surface area contributed by atoms with Gasteiger partial charge in [-0.05, 0) is 62.0 Å². The van der Waals surface area contributed by atoms with Crippen LogP contribution in [0.4, 0.5) is 0 Å². The highest BCUT2D eigenvalue weighted by Gasteiger charge is 2.54. The smallest absolute Gasteiger partial charge is 0.244 e. The van der Waals surface area contributed by atoms with Gasteiger partial charge in [0.1, 0.15) is 12.3 Å². The van der Waals surface area contributed by atoms with Gasteiger partial charge in [-0.3, -0.25) is 14.4 Å². The second-order valence-electron chi connectivity index (χ2n) is 8.32. The zero-order valence-electron chi connectivity index (χ0n) is 15.7. The van der Waals surface area contributed by atoms with Crippen molar-refractivity contribution in [2.24, 2.45) is 5.92 Å². The quantitative estimate of drug-likeness (QED) is 0.902. The van der Waals surface area contributed by atoms with Crippen molar-refractivity contribution in [3.63, 3.8) is 0 Å². The number of hydrogen-bond donors (Lipinski definition) is 1. The summed E-state index contributed by atoms with van der Waals surface area (Å²) in [7, 11) is 0. The highest BCUT2D eigenvalue weighted by molar-refractivity contribution is 5.77. The zero-order chi connectivity index (χ0) is 18.5. The second kappa shape index (κ2) is 6.37. The van der Waals surface area contributed by atoms with E-state index in [2.05, 4.69) is 21.0 Å². The van der Waals surface area contributed by atoms with E-state index in [4.69, 9.17) is 0 Å². The number of aromatic hydroxyl groups is 1. The van der Waals surface area contributed by atoms with Crippen LogP contribution in [0.25, 0.3) is 0 Å². The number of piperidine rings is 3. The number of nitrogens with zero attached hydrogens (tertiary/aromatic N) is 4. The van der Waals surface area contributed by atoms with Crippen molar-refractivity contribution in [1.82, 2.24) is 19.6 Å². The number of fused-ring (bicyclic) bond motifs is 2. The molecule has 1 amide bonds. The third-order valence-electron chi connectivity index (χ3n) is 6.67. The summed E-state index contributed by atoms with van der Waals surface area (Å²) in [6.07, 6.45) is 6.08. The van der Waals surface area contributed by atoms with Crippen LogP contribution in [0.1, 0.15) is 29.9 Å². The third-order valence-corrected chi connectivity index (χ3v) is 6.67. The number of carbonyl (C=O) groups excluding carboxylic acids is 1. The molecule has 142 valence electrons. The Morgan fingerprint density at radius 2 is 2.07 bits per heavy atom. The average molecular weight is 366 g/mol. The number of likely N-dealkylation sites (tertiary alicyclic amines) is 1. The molecule has 4 fully saturated rings. The number of aryl methyl sites for hydroxylation is 1. The van der Waals surface area contributed by atoms with Gasteiger partial charge in [0, 0.05) is 24.7 Å². The Bertz CT molecular complexity index is 855. The van der Waals surface area contributed by atoms with Crippen LogP contribution < -0.4 is 0 Å². The van der Waals surface area contributed by atoms with Crippen molar-refractivity contribution in [1.29, 1.82) is 0 Å². The number of phenols is 1. The van der Waals surface area contributed by atoms with Crippen molar-refractivity contribution >= 4 is 5.91 Å². The summed E-state index contributed by atoms with van der Waals surface area (Å²) in [4.78, 5) is 17.9. The Morgan fingerprint density at radius 1 is 1.26 bits per heavy atom. The Hall–Kier alpha value is -2.34. The fraction of sp³-hybridized carbons (Fsp3) is 0.524. The predicted molar refractivity (Wildman–Crippen MR) is 101 cm³/mol. The van der Waals surface area contributed by atoms with E-state index < -0.39 is 0 Å². The Labute approximate surface area is 159 Å². The largest absolute Gasteiger partial charge is 0.508 e. The van der Waals surface area contributed by atoms with Gasteiger partial charge in [0.05, 0.1) is 12.2 Å². The summed E-state index contributed by atoms with van der Waals surface area (Å²) in [5.74, 6) is 1.31. The molecule has 4 aliphatic rings. The molecule has 4 aliphatic heterocycles. The lowest BCUT2D eigenvalue weighted by atomic mass is 9.75. The standard InChI is InChI=1S/C21H26N4O2/c1-14-10-22-24(11-14)13-19(27)25-12-18(16-3-2-4-17(26)9-16)21-20(25)15-5-7-23(21)8-6-15/h2-4,9-11,15,18,20-21,26H,5-8,12-13H2,1H3/t18-,20+,21+/m0/s1. The first-order valence-electron chi connectivity index (χ1n) is 9.91. The molecule has 0 aliphatic carbocycles. The van der Waals surface area contributed by atoms with E-state index >= 15 is 0 Å². The normalized spacial score (nSPS) is 31.9. The van der Waals surface area contributed by atoms with Gasteiger partial charge in [-0.15, -0.1) is 0 Å². The summed E-state index contributed by atoms with van der Waals surface area (Å²) in [5, 5.41) is 14.3. The first-order chi connectivity index (χ1) is 13.1. The zero-order valence-corrected chi connectivity index (χ0v) is 15.7. The molecule has 27 heavy (non-hydrogen) atoms. The summed E-state index contributed by atoms with van der Waals surface area (Å²) >= 11 is 0. The minimum absolute atomic E-state index is 0.157. The number of phenolic OH excluding ortho intramolecular Hbond substituents is 1. The van der Waals surface area contributed by atoms with Crippen molar-refractivity contribution in [3.8, 4) is 5.75 Å². The Balaban J connectivity index is 1.46. The van der Waals surface area contributed by atoms with Crippen LogP contribution in [-0.2, 0) is 11.3 Å². The highest BCUT2D eigenvalue weighted by Crippen LogP contribution is 2.46. The van der Waals surface area contributed by atoms with Crippen LogP contribution in [0.5, 0.6) is 5.75 Å². The van der Waals surface area contributed by atoms with E-state index in [-0.39, 0.29) is 17.9 Å². The second-order valence-corrected chi connectivity index (χ2v) is 8.32. The minimum atomic E-state index is 0.157. The molecule has 0 radical (unpaired) electrons. The predicted octanol–water partition coefficient (Wildman–Crippen LogP) is 1.99. The molecule has 4 saturated heterocycles. The number of benzene rings is 1. The Morgan fingerprint density at radius 3 is 2.78 bits per heavy atom. The minimum Gasteiger partial charge on any atom is -0.508 e. The average Bonchev–Trinajstić information content (AvgIpc) is 3.28. The lowest BCUT2D eigenvalue weighted by Gasteiger charge is -2.51. The van der Waals surface area contributed by atoms with E-state index in [1.807, 2.05) is 25.3 Å². The monoisotopic (exact) mass is 366 g/mol. The fourth-order valence-corrected chi connectivity index (χ4v) is 5.54. The van der Waals surface area contributed by atoms with Gasteiger partial charge in [0.2, 0.25) is 5.91 Å².